The Morgan fingerprint density at radius 1 is 0.941 bits per heavy atom. The molecule has 0 aromatic heterocycles. The Hall–Kier alpha value is 0.537. The number of unbranched alkanes of at least 4 members (excludes halogenated alkanes) is 8. The van der Waals surface area contributed by atoms with E-state index in [-0.39, 0.29) is 0 Å². The maximum Gasteiger partial charge on any atom is 0.243 e. The summed E-state index contributed by atoms with van der Waals surface area (Å²) in [4.78, 5) is 0. The Morgan fingerprint density at radius 2 is 1.47 bits per heavy atom. The van der Waals surface area contributed by atoms with E-state index in [1.807, 2.05) is 0 Å². The Morgan fingerprint density at radius 3 is 2.00 bits per heavy atom. The monoisotopic (exact) mass is 294 g/mol. The van der Waals surface area contributed by atoms with Crippen molar-refractivity contribution in [3.63, 3.8) is 0 Å². The Bertz CT molecular complexity index is 181. The van der Waals surface area contributed by atoms with E-state index in [0.29, 0.717) is 5.54 Å². The molecule has 0 aromatic rings. The van der Waals surface area contributed by atoms with Gasteiger partial charge in [-0.05, 0) is 18.4 Å². The molecule has 0 amide bonds. The zero-order valence-corrected chi connectivity index (χ0v) is 14.1. The van der Waals surface area contributed by atoms with Crippen LogP contribution in [0.5, 0.6) is 0 Å². The minimum absolute atomic E-state index is 0.410. The van der Waals surface area contributed by atoms with E-state index < -0.39 is 7.42 Å². The van der Waals surface area contributed by atoms with Crippen molar-refractivity contribution in [3.05, 3.63) is 12.2 Å². The van der Waals surface area contributed by atoms with Crippen LogP contribution in [-0.4, -0.2) is 7.42 Å². The molecule has 1 unspecified atom stereocenters. The molecular formula is C14H28Cl2Si. The molecule has 0 saturated carbocycles. The van der Waals surface area contributed by atoms with Gasteiger partial charge in [-0.3, -0.25) is 0 Å². The Kier molecular flexibility index (Phi) is 13.4. The van der Waals surface area contributed by atoms with Crippen molar-refractivity contribution in [2.45, 2.75) is 77.2 Å². The standard InChI is InChI=1S/C14H28Cl2Si/c1-3-4-5-6-7-8-9-10-11-12-13-14(2)17(15)16/h12-14,17H,3-11H2,1-2H3. The van der Waals surface area contributed by atoms with Gasteiger partial charge in [0.25, 0.3) is 0 Å². The summed E-state index contributed by atoms with van der Waals surface area (Å²) in [6.07, 6.45) is 16.7. The molecular weight excluding hydrogens is 267 g/mol. The van der Waals surface area contributed by atoms with Gasteiger partial charge in [0.2, 0.25) is 7.42 Å². The first-order valence-corrected chi connectivity index (χ1v) is 11.3. The fraction of sp³-hybridized carbons (Fsp3) is 0.857. The number of hydrogen-bond acceptors (Lipinski definition) is 0. The van der Waals surface area contributed by atoms with E-state index in [9.17, 15) is 0 Å². The maximum atomic E-state index is 5.90. The highest BCUT2D eigenvalue weighted by atomic mass is 35.7. The van der Waals surface area contributed by atoms with Gasteiger partial charge >= 0.3 is 0 Å². The lowest BCUT2D eigenvalue weighted by molar-refractivity contribution is 0.577. The van der Waals surface area contributed by atoms with Crippen molar-refractivity contribution in [3.8, 4) is 0 Å². The van der Waals surface area contributed by atoms with E-state index in [1.54, 1.807) is 0 Å². The zero-order chi connectivity index (χ0) is 12.9. The van der Waals surface area contributed by atoms with Crippen LogP contribution < -0.4 is 0 Å². The van der Waals surface area contributed by atoms with Crippen molar-refractivity contribution >= 4 is 29.6 Å². The molecule has 0 heterocycles. The molecule has 0 nitrogen and oxygen atoms in total. The lowest BCUT2D eigenvalue weighted by Gasteiger charge is -2.03. The van der Waals surface area contributed by atoms with E-state index >= 15 is 0 Å². The smallest absolute Gasteiger partial charge is 0.150 e. The highest BCUT2D eigenvalue weighted by molar-refractivity contribution is 7.34. The lowest BCUT2D eigenvalue weighted by atomic mass is 10.1. The average Bonchev–Trinajstić information content (AvgIpc) is 2.31. The van der Waals surface area contributed by atoms with Crippen molar-refractivity contribution < 1.29 is 0 Å². The molecule has 0 bridgehead atoms. The first kappa shape index (κ1) is 17.5. The van der Waals surface area contributed by atoms with Crippen LogP contribution in [-0.2, 0) is 0 Å². The summed E-state index contributed by atoms with van der Waals surface area (Å²) < 4.78 is 0. The molecule has 0 N–H and O–H groups in total. The summed E-state index contributed by atoms with van der Waals surface area (Å²) in [5, 5.41) is 0. The largest absolute Gasteiger partial charge is 0.243 e. The zero-order valence-electron chi connectivity index (χ0n) is 11.4. The predicted octanol–water partition coefficient (Wildman–Crippen LogP) is 6.16. The molecule has 0 spiro atoms. The second-order valence-corrected chi connectivity index (χ2v) is 10.1. The first-order chi connectivity index (χ1) is 8.18. The third kappa shape index (κ3) is 12.8. The van der Waals surface area contributed by atoms with E-state index in [1.165, 1.54) is 57.8 Å². The van der Waals surface area contributed by atoms with Crippen LogP contribution in [0.15, 0.2) is 12.2 Å². The molecule has 0 aliphatic carbocycles. The topological polar surface area (TPSA) is 0 Å². The van der Waals surface area contributed by atoms with Gasteiger partial charge < -0.3 is 0 Å². The average molecular weight is 295 g/mol. The minimum Gasteiger partial charge on any atom is -0.150 e. The van der Waals surface area contributed by atoms with Crippen LogP contribution in [0.3, 0.4) is 0 Å². The normalized spacial score (nSPS) is 13.7. The second kappa shape index (κ2) is 13.0. The van der Waals surface area contributed by atoms with Gasteiger partial charge in [-0.25, -0.2) is 0 Å². The fourth-order valence-corrected chi connectivity index (χ4v) is 2.62. The van der Waals surface area contributed by atoms with Crippen LogP contribution in [0.1, 0.15) is 71.6 Å². The quantitative estimate of drug-likeness (QED) is 0.185. The van der Waals surface area contributed by atoms with Crippen LogP contribution in [0.2, 0.25) is 5.54 Å². The van der Waals surface area contributed by atoms with Crippen molar-refractivity contribution in [2.24, 2.45) is 0 Å². The Balaban J connectivity index is 3.18. The summed E-state index contributed by atoms with van der Waals surface area (Å²) in [6, 6.07) is 0. The number of halogens is 2. The van der Waals surface area contributed by atoms with Crippen LogP contribution >= 0.6 is 22.2 Å². The number of allylic oxidation sites excluding steroid dienone is 2. The minimum atomic E-state index is -1.49. The molecule has 1 atom stereocenters. The van der Waals surface area contributed by atoms with Gasteiger partial charge in [0.15, 0.2) is 0 Å². The van der Waals surface area contributed by atoms with E-state index in [2.05, 4.69) is 26.0 Å². The first-order valence-electron chi connectivity index (χ1n) is 7.13. The number of rotatable bonds is 11. The molecule has 0 rings (SSSR count). The van der Waals surface area contributed by atoms with Crippen LogP contribution in [0.25, 0.3) is 0 Å². The SMILES string of the molecule is CCCCCCCCCCC=CC(C)[SiH](Cl)Cl. The summed E-state index contributed by atoms with van der Waals surface area (Å²) in [5.74, 6) is 0. The van der Waals surface area contributed by atoms with Crippen LogP contribution in [0, 0.1) is 0 Å². The summed E-state index contributed by atoms with van der Waals surface area (Å²) >= 11 is 11.8. The molecule has 0 radical (unpaired) electrons. The molecule has 0 aromatic carbocycles. The molecule has 0 aliphatic rings. The highest BCUT2D eigenvalue weighted by Gasteiger charge is 2.08. The molecule has 0 saturated heterocycles. The van der Waals surface area contributed by atoms with Gasteiger partial charge in [0, 0.05) is 0 Å². The molecule has 102 valence electrons. The fourth-order valence-electron chi connectivity index (χ4n) is 1.79. The van der Waals surface area contributed by atoms with Crippen LogP contribution in [0.4, 0.5) is 0 Å². The summed E-state index contributed by atoms with van der Waals surface area (Å²) in [6.45, 7) is 4.38. The van der Waals surface area contributed by atoms with Gasteiger partial charge in [-0.2, -0.15) is 0 Å². The lowest BCUT2D eigenvalue weighted by Crippen LogP contribution is -1.98. The molecule has 17 heavy (non-hydrogen) atoms. The molecule has 3 heteroatoms. The molecule has 0 aliphatic heterocycles. The third-order valence-corrected chi connectivity index (χ3v) is 6.46. The van der Waals surface area contributed by atoms with E-state index in [4.69, 9.17) is 22.2 Å². The summed E-state index contributed by atoms with van der Waals surface area (Å²) in [5.41, 5.74) is 0.410. The summed E-state index contributed by atoms with van der Waals surface area (Å²) in [7, 11) is -1.49. The second-order valence-electron chi connectivity index (χ2n) is 4.89. The highest BCUT2D eigenvalue weighted by Crippen LogP contribution is 2.18. The van der Waals surface area contributed by atoms with E-state index in [0.717, 1.165) is 0 Å². The van der Waals surface area contributed by atoms with Gasteiger partial charge in [-0.15, -0.1) is 22.2 Å². The van der Waals surface area contributed by atoms with Crippen molar-refractivity contribution in [1.29, 1.82) is 0 Å². The predicted molar refractivity (Wildman–Crippen MR) is 84.6 cm³/mol. The Labute approximate surface area is 119 Å². The third-order valence-electron chi connectivity index (χ3n) is 3.06. The molecule has 0 fully saturated rings. The van der Waals surface area contributed by atoms with Gasteiger partial charge in [0.05, 0.1) is 0 Å². The van der Waals surface area contributed by atoms with Crippen molar-refractivity contribution in [2.75, 3.05) is 0 Å². The van der Waals surface area contributed by atoms with Gasteiger partial charge in [0.1, 0.15) is 0 Å². The van der Waals surface area contributed by atoms with Gasteiger partial charge in [-0.1, -0.05) is 70.9 Å². The number of hydrogen-bond donors (Lipinski definition) is 0. The van der Waals surface area contributed by atoms with Crippen molar-refractivity contribution in [1.82, 2.24) is 0 Å². The maximum absolute atomic E-state index is 5.90.